The van der Waals surface area contributed by atoms with Gasteiger partial charge in [0.15, 0.2) is 0 Å². The molecule has 1 aromatic heterocycles. The molecular weight excluding hydrogens is 190 g/mol. The Kier molecular flexibility index (Phi) is 4.31. The van der Waals surface area contributed by atoms with E-state index in [0.29, 0.717) is 5.52 Å². The van der Waals surface area contributed by atoms with Crippen molar-refractivity contribution in [2.75, 3.05) is 6.61 Å². The summed E-state index contributed by atoms with van der Waals surface area (Å²) in [6.45, 7) is 3.31. The lowest BCUT2D eigenvalue weighted by Crippen LogP contribution is -1.76. The van der Waals surface area contributed by atoms with Gasteiger partial charge in [-0.3, -0.25) is 4.98 Å². The van der Waals surface area contributed by atoms with E-state index in [1.165, 1.54) is 6.08 Å². The zero-order valence-corrected chi connectivity index (χ0v) is 8.30. The topological polar surface area (TPSA) is 53.4 Å². The fourth-order valence-corrected chi connectivity index (χ4v) is 1.09. The second-order valence-electron chi connectivity index (χ2n) is 2.82. The van der Waals surface area contributed by atoms with Gasteiger partial charge in [0.25, 0.3) is 0 Å². The van der Waals surface area contributed by atoms with Gasteiger partial charge >= 0.3 is 0 Å². The average molecular weight is 203 g/mol. The van der Waals surface area contributed by atoms with Gasteiger partial charge in [-0.15, -0.1) is 6.58 Å². The molecule has 2 aromatic rings. The summed E-state index contributed by atoms with van der Waals surface area (Å²) in [4.78, 5) is 4.03. The van der Waals surface area contributed by atoms with Gasteiger partial charge in [-0.2, -0.15) is 0 Å². The van der Waals surface area contributed by atoms with Crippen molar-refractivity contribution in [3.8, 4) is 5.75 Å². The van der Waals surface area contributed by atoms with E-state index in [1.807, 2.05) is 18.2 Å². The van der Waals surface area contributed by atoms with Gasteiger partial charge in [0, 0.05) is 11.6 Å². The molecule has 2 N–H and O–H groups in total. The third-order valence-corrected chi connectivity index (χ3v) is 1.74. The molecule has 0 aliphatic carbocycles. The Morgan fingerprint density at radius 1 is 1.27 bits per heavy atom. The highest BCUT2D eigenvalue weighted by Crippen LogP contribution is 2.20. The summed E-state index contributed by atoms with van der Waals surface area (Å²) in [5.41, 5.74) is 0.662. The molecule has 3 nitrogen and oxygen atoms in total. The van der Waals surface area contributed by atoms with E-state index in [9.17, 15) is 5.11 Å². The number of aliphatic hydroxyl groups is 1. The molecule has 0 atom stereocenters. The highest BCUT2D eigenvalue weighted by atomic mass is 16.3. The number of benzene rings is 1. The van der Waals surface area contributed by atoms with E-state index in [-0.39, 0.29) is 12.4 Å². The summed E-state index contributed by atoms with van der Waals surface area (Å²) in [7, 11) is 0. The Morgan fingerprint density at radius 3 is 2.53 bits per heavy atom. The van der Waals surface area contributed by atoms with Crippen LogP contribution in [0.25, 0.3) is 10.9 Å². The second kappa shape index (κ2) is 5.78. The Balaban J connectivity index is 0.000000245. The first-order valence-electron chi connectivity index (χ1n) is 4.54. The molecule has 15 heavy (non-hydrogen) atoms. The largest absolute Gasteiger partial charge is 0.506 e. The van der Waals surface area contributed by atoms with Gasteiger partial charge in [0.1, 0.15) is 11.3 Å². The summed E-state index contributed by atoms with van der Waals surface area (Å²) in [5.74, 6) is 0.239. The zero-order valence-electron chi connectivity index (χ0n) is 8.30. The van der Waals surface area contributed by atoms with E-state index in [4.69, 9.17) is 5.11 Å². The smallest absolute Gasteiger partial charge is 0.141 e. The van der Waals surface area contributed by atoms with Gasteiger partial charge in [-0.05, 0) is 12.1 Å². The molecule has 0 bridgehead atoms. The third-order valence-electron chi connectivity index (χ3n) is 1.74. The molecular formula is C12H13NO2. The van der Waals surface area contributed by atoms with E-state index in [1.54, 1.807) is 18.3 Å². The highest BCUT2D eigenvalue weighted by Gasteiger charge is 1.96. The van der Waals surface area contributed by atoms with Gasteiger partial charge in [-0.25, -0.2) is 0 Å². The van der Waals surface area contributed by atoms with Crippen molar-refractivity contribution in [2.24, 2.45) is 0 Å². The van der Waals surface area contributed by atoms with E-state index < -0.39 is 0 Å². The van der Waals surface area contributed by atoms with Crippen LogP contribution >= 0.6 is 0 Å². The fraction of sp³-hybridized carbons (Fsp3) is 0.0833. The van der Waals surface area contributed by atoms with Crippen molar-refractivity contribution in [2.45, 2.75) is 0 Å². The molecule has 0 spiro atoms. The summed E-state index contributed by atoms with van der Waals surface area (Å²) in [6.07, 6.45) is 3.10. The lowest BCUT2D eigenvalue weighted by atomic mass is 10.2. The van der Waals surface area contributed by atoms with Crippen molar-refractivity contribution in [3.63, 3.8) is 0 Å². The van der Waals surface area contributed by atoms with E-state index in [0.717, 1.165) is 5.39 Å². The van der Waals surface area contributed by atoms with Crippen LogP contribution in [0.4, 0.5) is 0 Å². The van der Waals surface area contributed by atoms with Crippen LogP contribution in [0.5, 0.6) is 5.75 Å². The molecule has 1 aromatic carbocycles. The van der Waals surface area contributed by atoms with Crippen molar-refractivity contribution >= 4 is 10.9 Å². The number of nitrogens with zero attached hydrogens (tertiary/aromatic N) is 1. The minimum atomic E-state index is 0.0833. The number of fused-ring (bicyclic) bond motifs is 1. The standard InChI is InChI=1S/C9H7NO.C3H6O/c11-8-5-1-3-7-4-2-6-10-9(7)8;1-2-3-4/h1-6,11H;2,4H,1,3H2. The van der Waals surface area contributed by atoms with Crippen LogP contribution < -0.4 is 0 Å². The summed E-state index contributed by atoms with van der Waals surface area (Å²) < 4.78 is 0. The summed E-state index contributed by atoms with van der Waals surface area (Å²) in [5, 5.41) is 18.0. The Bertz CT molecular complexity index is 435. The lowest BCUT2D eigenvalue weighted by Gasteiger charge is -1.96. The number of aliphatic hydroxyl groups excluding tert-OH is 1. The van der Waals surface area contributed by atoms with Gasteiger partial charge < -0.3 is 10.2 Å². The first-order chi connectivity index (χ1) is 7.29. The van der Waals surface area contributed by atoms with E-state index in [2.05, 4.69) is 11.6 Å². The number of aromatic nitrogens is 1. The van der Waals surface area contributed by atoms with Crippen LogP contribution in [0, 0.1) is 0 Å². The third kappa shape index (κ3) is 3.07. The molecule has 0 radical (unpaired) electrons. The first-order valence-corrected chi connectivity index (χ1v) is 4.54. The number of hydrogen-bond acceptors (Lipinski definition) is 3. The predicted octanol–water partition coefficient (Wildman–Crippen LogP) is 2.11. The minimum absolute atomic E-state index is 0.0833. The van der Waals surface area contributed by atoms with Crippen LogP contribution in [0.1, 0.15) is 0 Å². The number of aromatic hydroxyl groups is 1. The highest BCUT2D eigenvalue weighted by molar-refractivity contribution is 5.83. The maximum atomic E-state index is 9.31. The fourth-order valence-electron chi connectivity index (χ4n) is 1.09. The predicted molar refractivity (Wildman–Crippen MR) is 60.7 cm³/mol. The van der Waals surface area contributed by atoms with Crippen LogP contribution in [0.15, 0.2) is 49.2 Å². The first kappa shape index (κ1) is 11.2. The number of para-hydroxylation sites is 1. The van der Waals surface area contributed by atoms with Crippen LogP contribution in [0.2, 0.25) is 0 Å². The SMILES string of the molecule is C=CCO.Oc1cccc2cccnc12. The second-order valence-corrected chi connectivity index (χ2v) is 2.82. The molecule has 0 aliphatic heterocycles. The Labute approximate surface area is 88.3 Å². The van der Waals surface area contributed by atoms with E-state index >= 15 is 0 Å². The number of hydrogen-bond donors (Lipinski definition) is 2. The molecule has 0 amide bonds. The number of phenols is 1. The lowest BCUT2D eigenvalue weighted by molar-refractivity contribution is 0.343. The molecule has 3 heteroatoms. The molecule has 2 rings (SSSR count). The average Bonchev–Trinajstić information content (AvgIpc) is 2.30. The molecule has 0 fully saturated rings. The molecule has 0 saturated carbocycles. The van der Waals surface area contributed by atoms with Crippen molar-refractivity contribution in [1.29, 1.82) is 0 Å². The van der Waals surface area contributed by atoms with Crippen molar-refractivity contribution in [3.05, 3.63) is 49.2 Å². The monoisotopic (exact) mass is 203 g/mol. The maximum Gasteiger partial charge on any atom is 0.141 e. The van der Waals surface area contributed by atoms with Gasteiger partial charge in [0.05, 0.1) is 6.61 Å². The van der Waals surface area contributed by atoms with Crippen LogP contribution in [-0.4, -0.2) is 21.8 Å². The normalized spacial score (nSPS) is 9.13. The van der Waals surface area contributed by atoms with Crippen molar-refractivity contribution in [1.82, 2.24) is 4.98 Å². The molecule has 0 saturated heterocycles. The summed E-state index contributed by atoms with van der Waals surface area (Å²) >= 11 is 0. The minimum Gasteiger partial charge on any atom is -0.506 e. The Hall–Kier alpha value is -1.87. The van der Waals surface area contributed by atoms with Crippen LogP contribution in [-0.2, 0) is 0 Å². The maximum absolute atomic E-state index is 9.31. The van der Waals surface area contributed by atoms with Crippen molar-refractivity contribution < 1.29 is 10.2 Å². The van der Waals surface area contributed by atoms with Gasteiger partial charge in [-0.1, -0.05) is 24.3 Å². The van der Waals surface area contributed by atoms with Gasteiger partial charge in [0.2, 0.25) is 0 Å². The molecule has 0 unspecified atom stereocenters. The summed E-state index contributed by atoms with van der Waals surface area (Å²) in [6, 6.07) is 9.13. The van der Waals surface area contributed by atoms with Crippen LogP contribution in [0.3, 0.4) is 0 Å². The zero-order chi connectivity index (χ0) is 11.1. The Morgan fingerprint density at radius 2 is 1.93 bits per heavy atom. The molecule has 1 heterocycles. The quantitative estimate of drug-likeness (QED) is 0.698. The number of phenolic OH excluding ortho intramolecular Hbond substituents is 1. The number of pyridine rings is 1. The molecule has 78 valence electrons. The number of rotatable bonds is 1. The molecule has 0 aliphatic rings.